The van der Waals surface area contributed by atoms with Crippen LogP contribution in [-0.2, 0) is 9.47 Å². The minimum atomic E-state index is 0.376. The Kier molecular flexibility index (Phi) is 10.0. The smallest absolute Gasteiger partial charge is 0.191 e. The zero-order chi connectivity index (χ0) is 15.4. The summed E-state index contributed by atoms with van der Waals surface area (Å²) in [6, 6.07) is 0. The molecule has 0 aromatic rings. The minimum absolute atomic E-state index is 0.376. The lowest BCUT2D eigenvalue weighted by molar-refractivity contribution is 0.269. The quantitative estimate of drug-likeness (QED) is 0.237. The van der Waals surface area contributed by atoms with Crippen molar-refractivity contribution in [2.24, 2.45) is 5.10 Å². The summed E-state index contributed by atoms with van der Waals surface area (Å²) in [7, 11) is 3.27. The van der Waals surface area contributed by atoms with E-state index in [2.05, 4.69) is 22.4 Å². The molecular weight excluding hydrogens is 274 g/mol. The Morgan fingerprint density at radius 3 is 2.45 bits per heavy atom. The van der Waals surface area contributed by atoms with Gasteiger partial charge in [-0.3, -0.25) is 5.43 Å². The average molecular weight is 297 g/mol. The van der Waals surface area contributed by atoms with Crippen molar-refractivity contribution in [1.82, 2.24) is 10.7 Å². The summed E-state index contributed by atoms with van der Waals surface area (Å²) in [5, 5.41) is 7.08. The molecular formula is C14H23N3O2S. The van der Waals surface area contributed by atoms with Crippen LogP contribution in [0.25, 0.3) is 0 Å². The van der Waals surface area contributed by atoms with E-state index < -0.39 is 0 Å². The molecule has 0 amide bonds. The Labute approximate surface area is 126 Å². The van der Waals surface area contributed by atoms with Crippen LogP contribution < -0.4 is 10.7 Å². The Bertz CT molecular complexity index is 409. The van der Waals surface area contributed by atoms with Crippen LogP contribution in [0.5, 0.6) is 0 Å². The van der Waals surface area contributed by atoms with E-state index in [1.165, 1.54) is 0 Å². The van der Waals surface area contributed by atoms with Gasteiger partial charge in [-0.2, -0.15) is 5.10 Å². The van der Waals surface area contributed by atoms with Gasteiger partial charge in [0, 0.05) is 24.8 Å². The third kappa shape index (κ3) is 8.31. The molecule has 5 nitrogen and oxygen atoms in total. The SMILES string of the molecule is C=C(/C=C(\C/C=C(\CC)OC)OC)NC(=S)N/N=C/C. The number of nitrogens with one attached hydrogen (secondary N) is 2. The largest absolute Gasteiger partial charge is 0.501 e. The first-order valence-corrected chi connectivity index (χ1v) is 6.69. The van der Waals surface area contributed by atoms with Gasteiger partial charge in [-0.15, -0.1) is 0 Å². The first-order chi connectivity index (χ1) is 9.57. The molecule has 20 heavy (non-hydrogen) atoms. The summed E-state index contributed by atoms with van der Waals surface area (Å²) >= 11 is 5.03. The van der Waals surface area contributed by atoms with E-state index in [9.17, 15) is 0 Å². The van der Waals surface area contributed by atoms with Gasteiger partial charge >= 0.3 is 0 Å². The lowest BCUT2D eigenvalue weighted by Crippen LogP contribution is -2.30. The maximum absolute atomic E-state index is 5.29. The van der Waals surface area contributed by atoms with E-state index >= 15 is 0 Å². The van der Waals surface area contributed by atoms with Gasteiger partial charge in [0.25, 0.3) is 0 Å². The van der Waals surface area contributed by atoms with E-state index in [1.54, 1.807) is 33.4 Å². The molecule has 0 radical (unpaired) electrons. The molecule has 0 atom stereocenters. The Hall–Kier alpha value is -1.82. The second-order valence-corrected chi connectivity index (χ2v) is 4.13. The lowest BCUT2D eigenvalue weighted by atomic mass is 10.2. The summed E-state index contributed by atoms with van der Waals surface area (Å²) in [4.78, 5) is 0. The number of thiocarbonyl (C=S) groups is 1. The van der Waals surface area contributed by atoms with Crippen LogP contribution in [0.4, 0.5) is 0 Å². The Morgan fingerprint density at radius 2 is 1.95 bits per heavy atom. The van der Waals surface area contributed by atoms with Gasteiger partial charge in [0.2, 0.25) is 0 Å². The van der Waals surface area contributed by atoms with Gasteiger partial charge in [0.05, 0.1) is 20.0 Å². The van der Waals surface area contributed by atoms with Gasteiger partial charge < -0.3 is 14.8 Å². The number of rotatable bonds is 8. The van der Waals surface area contributed by atoms with Gasteiger partial charge in [-0.05, 0) is 31.3 Å². The van der Waals surface area contributed by atoms with Crippen LogP contribution in [0.15, 0.2) is 41.0 Å². The van der Waals surface area contributed by atoms with Crippen molar-refractivity contribution in [3.8, 4) is 0 Å². The van der Waals surface area contributed by atoms with Crippen LogP contribution in [0.3, 0.4) is 0 Å². The van der Waals surface area contributed by atoms with Gasteiger partial charge in [-0.1, -0.05) is 13.5 Å². The molecule has 0 aliphatic rings. The molecule has 0 aliphatic heterocycles. The minimum Gasteiger partial charge on any atom is -0.501 e. The Morgan fingerprint density at radius 1 is 1.30 bits per heavy atom. The fourth-order valence-corrected chi connectivity index (χ4v) is 1.50. The first-order valence-electron chi connectivity index (χ1n) is 6.28. The number of hydrazone groups is 1. The van der Waals surface area contributed by atoms with Gasteiger partial charge in [0.15, 0.2) is 5.11 Å². The summed E-state index contributed by atoms with van der Waals surface area (Å²) in [5.74, 6) is 1.67. The molecule has 0 bridgehead atoms. The monoisotopic (exact) mass is 297 g/mol. The molecule has 0 heterocycles. The molecule has 0 saturated carbocycles. The van der Waals surface area contributed by atoms with Crippen molar-refractivity contribution >= 4 is 23.5 Å². The zero-order valence-corrected chi connectivity index (χ0v) is 13.3. The number of ether oxygens (including phenoxy) is 2. The van der Waals surface area contributed by atoms with Gasteiger partial charge in [-0.25, -0.2) is 0 Å². The van der Waals surface area contributed by atoms with Crippen molar-refractivity contribution < 1.29 is 9.47 Å². The summed E-state index contributed by atoms with van der Waals surface area (Å²) < 4.78 is 10.5. The third-order valence-electron chi connectivity index (χ3n) is 2.31. The topological polar surface area (TPSA) is 54.9 Å². The zero-order valence-electron chi connectivity index (χ0n) is 12.5. The van der Waals surface area contributed by atoms with Crippen molar-refractivity contribution in [2.45, 2.75) is 26.7 Å². The fourth-order valence-electron chi connectivity index (χ4n) is 1.31. The number of methoxy groups -OCH3 is 2. The van der Waals surface area contributed by atoms with Gasteiger partial charge in [0.1, 0.15) is 5.76 Å². The standard InChI is InChI=1S/C14H23N3O2S/c1-6-12(18-4)8-9-13(19-5)10-11(3)16-14(20)17-15-7-2/h7-8,10H,3,6,9H2,1-2,4-5H3,(H2,16,17,20)/b12-8+,13-10+,15-7+. The number of nitrogens with zero attached hydrogens (tertiary/aromatic N) is 1. The molecule has 0 aromatic carbocycles. The number of hydrogen-bond acceptors (Lipinski definition) is 4. The lowest BCUT2D eigenvalue weighted by Gasteiger charge is -2.09. The summed E-state index contributed by atoms with van der Waals surface area (Å²) in [6.07, 6.45) is 6.83. The Balaban J connectivity index is 4.52. The molecule has 0 unspecified atom stereocenters. The predicted octanol–water partition coefficient (Wildman–Crippen LogP) is 2.83. The van der Waals surface area contributed by atoms with Crippen molar-refractivity contribution in [2.75, 3.05) is 14.2 Å². The van der Waals surface area contributed by atoms with Crippen molar-refractivity contribution in [1.29, 1.82) is 0 Å². The van der Waals surface area contributed by atoms with E-state index in [0.717, 1.165) is 17.9 Å². The fraction of sp³-hybridized carbons (Fsp3) is 0.429. The maximum Gasteiger partial charge on any atom is 0.191 e. The van der Waals surface area contributed by atoms with Crippen LogP contribution >= 0.6 is 12.2 Å². The molecule has 6 heteroatoms. The highest BCUT2D eigenvalue weighted by molar-refractivity contribution is 7.80. The first kappa shape index (κ1) is 18.2. The van der Waals surface area contributed by atoms with E-state index in [0.29, 0.717) is 17.2 Å². The molecule has 0 aliphatic carbocycles. The maximum atomic E-state index is 5.29. The third-order valence-corrected chi connectivity index (χ3v) is 2.50. The molecule has 0 saturated heterocycles. The van der Waals surface area contributed by atoms with E-state index in [1.807, 2.05) is 13.0 Å². The predicted molar refractivity (Wildman–Crippen MR) is 87.3 cm³/mol. The van der Waals surface area contributed by atoms with Crippen molar-refractivity contribution in [3.63, 3.8) is 0 Å². The number of hydrogen-bond donors (Lipinski definition) is 2. The van der Waals surface area contributed by atoms with E-state index in [4.69, 9.17) is 21.7 Å². The molecule has 0 aromatic heterocycles. The molecule has 2 N–H and O–H groups in total. The second-order valence-electron chi connectivity index (χ2n) is 3.73. The molecule has 0 spiro atoms. The molecule has 112 valence electrons. The normalized spacial score (nSPS) is 12.2. The van der Waals surface area contributed by atoms with Crippen LogP contribution in [-0.4, -0.2) is 25.5 Å². The highest BCUT2D eigenvalue weighted by Crippen LogP contribution is 2.10. The van der Waals surface area contributed by atoms with Crippen LogP contribution in [0, 0.1) is 0 Å². The highest BCUT2D eigenvalue weighted by atomic mass is 32.1. The summed E-state index contributed by atoms with van der Waals surface area (Å²) in [6.45, 7) is 7.68. The van der Waals surface area contributed by atoms with E-state index in [-0.39, 0.29) is 0 Å². The second kappa shape index (κ2) is 11.0. The van der Waals surface area contributed by atoms with Crippen LogP contribution in [0.2, 0.25) is 0 Å². The highest BCUT2D eigenvalue weighted by Gasteiger charge is 2.00. The molecule has 0 rings (SSSR count). The average Bonchev–Trinajstić information content (AvgIpc) is 2.44. The van der Waals surface area contributed by atoms with Crippen LogP contribution in [0.1, 0.15) is 26.7 Å². The molecule has 0 fully saturated rings. The summed E-state index contributed by atoms with van der Waals surface area (Å²) in [5.41, 5.74) is 3.27. The van der Waals surface area contributed by atoms with Crippen molar-refractivity contribution in [3.05, 3.63) is 35.9 Å². The number of allylic oxidation sites excluding steroid dienone is 3.